The first-order valence-corrected chi connectivity index (χ1v) is 8.14. The molecule has 0 bridgehead atoms. The highest BCUT2D eigenvalue weighted by Gasteiger charge is 2.25. The molecule has 0 saturated carbocycles. The summed E-state index contributed by atoms with van der Waals surface area (Å²) in [6.07, 6.45) is 4.85. The van der Waals surface area contributed by atoms with Crippen molar-refractivity contribution in [3.05, 3.63) is 42.5 Å². The normalized spacial score (nSPS) is 17.9. The summed E-state index contributed by atoms with van der Waals surface area (Å²) in [6.45, 7) is 2.13. The first-order valence-electron chi connectivity index (χ1n) is 8.14. The lowest BCUT2D eigenvalue weighted by Gasteiger charge is -2.31. The highest BCUT2D eigenvalue weighted by atomic mass is 16.5. The minimum atomic E-state index is 0.200. The molecule has 1 aromatic carbocycles. The van der Waals surface area contributed by atoms with Crippen LogP contribution in [-0.2, 0) is 4.79 Å². The number of nitrogens with zero attached hydrogens (tertiary/aromatic N) is 3. The van der Waals surface area contributed by atoms with Gasteiger partial charge in [0.25, 0.3) is 0 Å². The molecular weight excluding hydrogens is 292 g/mol. The minimum Gasteiger partial charge on any atom is -0.494 e. The predicted octanol–water partition coefficient (Wildman–Crippen LogP) is 2.37. The molecule has 23 heavy (non-hydrogen) atoms. The molecule has 0 radical (unpaired) electrons. The van der Waals surface area contributed by atoms with Crippen molar-refractivity contribution in [3.63, 3.8) is 0 Å². The molecule has 1 aromatic heterocycles. The van der Waals surface area contributed by atoms with Gasteiger partial charge >= 0.3 is 0 Å². The number of hydrogen-bond acceptors (Lipinski definition) is 4. The monoisotopic (exact) mass is 314 g/mol. The van der Waals surface area contributed by atoms with Gasteiger partial charge in [-0.05, 0) is 31.4 Å². The Labute approximate surface area is 135 Å². The van der Waals surface area contributed by atoms with Crippen molar-refractivity contribution >= 4 is 5.91 Å². The maximum atomic E-state index is 12.3. The van der Waals surface area contributed by atoms with Crippen molar-refractivity contribution in [2.24, 2.45) is 0 Å². The van der Waals surface area contributed by atoms with Crippen LogP contribution in [0.25, 0.3) is 0 Å². The number of carbonyl (C=O) groups excluding carboxylic acids is 1. The van der Waals surface area contributed by atoms with Gasteiger partial charge in [-0.15, -0.1) is 0 Å². The highest BCUT2D eigenvalue weighted by Crippen LogP contribution is 2.24. The molecule has 1 unspecified atom stereocenters. The van der Waals surface area contributed by atoms with Crippen molar-refractivity contribution < 1.29 is 9.53 Å². The molecule has 6 heteroatoms. The van der Waals surface area contributed by atoms with Crippen LogP contribution in [0.15, 0.2) is 36.7 Å². The maximum absolute atomic E-state index is 12.3. The quantitative estimate of drug-likeness (QED) is 0.831. The summed E-state index contributed by atoms with van der Waals surface area (Å²) in [7, 11) is 0. The van der Waals surface area contributed by atoms with Gasteiger partial charge in [0.15, 0.2) is 0 Å². The van der Waals surface area contributed by atoms with Crippen LogP contribution in [0, 0.1) is 0 Å². The average molecular weight is 314 g/mol. The number of H-pyrrole nitrogens is 1. The highest BCUT2D eigenvalue weighted by molar-refractivity contribution is 5.76. The van der Waals surface area contributed by atoms with Gasteiger partial charge in [0.2, 0.25) is 5.91 Å². The maximum Gasteiger partial charge on any atom is 0.222 e. The second-order valence-electron chi connectivity index (χ2n) is 5.81. The smallest absolute Gasteiger partial charge is 0.222 e. The molecule has 6 nitrogen and oxygen atoms in total. The molecule has 0 spiro atoms. The van der Waals surface area contributed by atoms with Crippen LogP contribution in [0.1, 0.15) is 37.4 Å². The number of nitrogens with one attached hydrogen (secondary N) is 1. The minimum absolute atomic E-state index is 0.200. The Balaban J connectivity index is 1.41. The summed E-state index contributed by atoms with van der Waals surface area (Å²) < 4.78 is 5.63. The first-order chi connectivity index (χ1) is 11.3. The summed E-state index contributed by atoms with van der Waals surface area (Å²) in [5.74, 6) is 2.21. The number of amides is 1. The Bertz CT molecular complexity index is 600. The van der Waals surface area contributed by atoms with E-state index in [1.165, 1.54) is 6.33 Å². The summed E-state index contributed by atoms with van der Waals surface area (Å²) in [5, 5.41) is 6.82. The third-order valence-electron chi connectivity index (χ3n) is 4.14. The molecule has 122 valence electrons. The van der Waals surface area contributed by atoms with Crippen LogP contribution in [0.5, 0.6) is 5.75 Å². The number of aromatic amines is 1. The van der Waals surface area contributed by atoms with Gasteiger partial charge in [-0.25, -0.2) is 4.98 Å². The molecular formula is C17H22N4O2. The molecule has 0 aliphatic carbocycles. The Morgan fingerprint density at radius 2 is 2.22 bits per heavy atom. The van der Waals surface area contributed by atoms with Crippen LogP contribution in [0.2, 0.25) is 0 Å². The van der Waals surface area contributed by atoms with E-state index in [0.717, 1.165) is 43.9 Å². The van der Waals surface area contributed by atoms with E-state index < -0.39 is 0 Å². The SMILES string of the molecule is O=C(CCCOc1ccccc1)N1CCCC(c2ncn[nH]2)C1. The molecule has 1 atom stereocenters. The van der Waals surface area contributed by atoms with E-state index in [4.69, 9.17) is 4.74 Å². The predicted molar refractivity (Wildman–Crippen MR) is 86.1 cm³/mol. The third-order valence-corrected chi connectivity index (χ3v) is 4.14. The van der Waals surface area contributed by atoms with Crippen molar-refractivity contribution in [1.29, 1.82) is 0 Å². The van der Waals surface area contributed by atoms with E-state index in [0.29, 0.717) is 13.0 Å². The lowest BCUT2D eigenvalue weighted by Crippen LogP contribution is -2.39. The van der Waals surface area contributed by atoms with Gasteiger partial charge < -0.3 is 9.64 Å². The van der Waals surface area contributed by atoms with Gasteiger partial charge in [-0.3, -0.25) is 9.89 Å². The van der Waals surface area contributed by atoms with E-state index in [-0.39, 0.29) is 11.8 Å². The molecule has 2 aromatic rings. The van der Waals surface area contributed by atoms with Gasteiger partial charge in [-0.1, -0.05) is 18.2 Å². The van der Waals surface area contributed by atoms with Crippen molar-refractivity contribution in [2.45, 2.75) is 31.6 Å². The number of likely N-dealkylation sites (tertiary alicyclic amines) is 1. The van der Waals surface area contributed by atoms with Crippen molar-refractivity contribution in [3.8, 4) is 5.75 Å². The molecule has 1 amide bonds. The van der Waals surface area contributed by atoms with E-state index in [1.54, 1.807) is 0 Å². The van der Waals surface area contributed by atoms with E-state index in [1.807, 2.05) is 35.2 Å². The zero-order chi connectivity index (χ0) is 15.9. The zero-order valence-corrected chi connectivity index (χ0v) is 13.1. The van der Waals surface area contributed by atoms with Crippen LogP contribution < -0.4 is 4.74 Å². The largest absolute Gasteiger partial charge is 0.494 e. The number of piperidine rings is 1. The fraction of sp³-hybridized carbons (Fsp3) is 0.471. The topological polar surface area (TPSA) is 71.1 Å². The second kappa shape index (κ2) is 7.76. The standard InChI is InChI=1S/C17H22N4O2/c22-16(9-5-11-23-15-7-2-1-3-8-15)21-10-4-6-14(12-21)17-18-13-19-20-17/h1-3,7-8,13-14H,4-6,9-12H2,(H,18,19,20). The lowest BCUT2D eigenvalue weighted by molar-refractivity contribution is -0.132. The van der Waals surface area contributed by atoms with Crippen molar-refractivity contribution in [2.75, 3.05) is 19.7 Å². The lowest BCUT2D eigenvalue weighted by atomic mass is 9.97. The number of carbonyl (C=O) groups is 1. The number of benzene rings is 1. The molecule has 1 fully saturated rings. The van der Waals surface area contributed by atoms with Crippen LogP contribution in [0.4, 0.5) is 0 Å². The molecule has 2 heterocycles. The number of rotatable bonds is 6. The Morgan fingerprint density at radius 3 is 3.00 bits per heavy atom. The van der Waals surface area contributed by atoms with E-state index >= 15 is 0 Å². The van der Waals surface area contributed by atoms with E-state index in [9.17, 15) is 4.79 Å². The average Bonchev–Trinajstić information content (AvgIpc) is 3.14. The number of aromatic nitrogens is 3. The number of para-hydroxylation sites is 1. The van der Waals surface area contributed by atoms with Crippen LogP contribution in [0.3, 0.4) is 0 Å². The second-order valence-corrected chi connectivity index (χ2v) is 5.81. The fourth-order valence-corrected chi connectivity index (χ4v) is 2.93. The number of hydrogen-bond donors (Lipinski definition) is 1. The first kappa shape index (κ1) is 15.5. The van der Waals surface area contributed by atoms with Gasteiger partial charge in [0.1, 0.15) is 17.9 Å². The molecule has 1 aliphatic rings. The Morgan fingerprint density at radius 1 is 1.35 bits per heavy atom. The summed E-state index contributed by atoms with van der Waals surface area (Å²) in [6, 6.07) is 9.69. The molecule has 1 aliphatic heterocycles. The van der Waals surface area contributed by atoms with E-state index in [2.05, 4.69) is 15.2 Å². The van der Waals surface area contributed by atoms with Gasteiger partial charge in [0, 0.05) is 25.4 Å². The molecule has 1 N–H and O–H groups in total. The summed E-state index contributed by atoms with van der Waals surface area (Å²) in [5.41, 5.74) is 0. The summed E-state index contributed by atoms with van der Waals surface area (Å²) >= 11 is 0. The number of ether oxygens (including phenoxy) is 1. The Kier molecular flexibility index (Phi) is 5.24. The Hall–Kier alpha value is -2.37. The van der Waals surface area contributed by atoms with Crippen molar-refractivity contribution in [1.82, 2.24) is 20.1 Å². The third kappa shape index (κ3) is 4.31. The summed E-state index contributed by atoms with van der Waals surface area (Å²) in [4.78, 5) is 18.5. The van der Waals surface area contributed by atoms with Crippen LogP contribution >= 0.6 is 0 Å². The fourth-order valence-electron chi connectivity index (χ4n) is 2.93. The molecule has 3 rings (SSSR count). The van der Waals surface area contributed by atoms with Gasteiger partial charge in [-0.2, -0.15) is 5.10 Å². The zero-order valence-electron chi connectivity index (χ0n) is 13.1. The van der Waals surface area contributed by atoms with Crippen LogP contribution in [-0.4, -0.2) is 45.7 Å². The van der Waals surface area contributed by atoms with Gasteiger partial charge in [0.05, 0.1) is 6.61 Å². The molecule has 1 saturated heterocycles.